The third kappa shape index (κ3) is 6.42. The number of amides is 2. The number of nitrogens with zero attached hydrogens (tertiary/aromatic N) is 3. The molecule has 30 heavy (non-hydrogen) atoms. The lowest BCUT2D eigenvalue weighted by atomic mass is 10.1. The zero-order valence-electron chi connectivity index (χ0n) is 18.0. The number of unbranched alkanes of at least 4 members (excludes halogenated alkanes) is 1. The molecule has 0 bridgehead atoms. The quantitative estimate of drug-likeness (QED) is 0.637. The summed E-state index contributed by atoms with van der Waals surface area (Å²) in [6.07, 6.45) is 2.36. The Bertz CT molecular complexity index is 787. The molecule has 0 aliphatic carbocycles. The molecule has 0 radical (unpaired) electrons. The van der Waals surface area contributed by atoms with Gasteiger partial charge in [0.1, 0.15) is 0 Å². The van der Waals surface area contributed by atoms with E-state index in [1.807, 2.05) is 46.2 Å². The number of hydrogen-bond donors (Lipinski definition) is 0. The summed E-state index contributed by atoms with van der Waals surface area (Å²) in [6, 6.07) is 19.8. The van der Waals surface area contributed by atoms with Crippen LogP contribution in [0.25, 0.3) is 0 Å². The number of piperazine rings is 1. The Morgan fingerprint density at radius 2 is 1.50 bits per heavy atom. The van der Waals surface area contributed by atoms with Crippen molar-refractivity contribution < 1.29 is 9.59 Å². The fourth-order valence-corrected chi connectivity index (χ4v) is 3.81. The SMILES string of the molecule is CCCCN(CCC(=O)N1CCN(Cc2ccccc2)CC1)C(=O)c1ccccc1. The fourth-order valence-electron chi connectivity index (χ4n) is 3.81. The number of rotatable bonds is 9. The maximum Gasteiger partial charge on any atom is 0.253 e. The summed E-state index contributed by atoms with van der Waals surface area (Å²) >= 11 is 0. The monoisotopic (exact) mass is 407 g/mol. The minimum Gasteiger partial charge on any atom is -0.340 e. The Hall–Kier alpha value is -2.66. The Kier molecular flexibility index (Phi) is 8.45. The van der Waals surface area contributed by atoms with E-state index in [-0.39, 0.29) is 11.8 Å². The highest BCUT2D eigenvalue weighted by Crippen LogP contribution is 2.11. The van der Waals surface area contributed by atoms with E-state index < -0.39 is 0 Å². The van der Waals surface area contributed by atoms with Gasteiger partial charge in [-0.15, -0.1) is 0 Å². The van der Waals surface area contributed by atoms with Crippen LogP contribution in [0.2, 0.25) is 0 Å². The Balaban J connectivity index is 1.47. The van der Waals surface area contributed by atoms with E-state index in [1.54, 1.807) is 0 Å². The van der Waals surface area contributed by atoms with Crippen LogP contribution in [-0.4, -0.2) is 65.8 Å². The number of carbonyl (C=O) groups is 2. The molecule has 1 fully saturated rings. The highest BCUT2D eigenvalue weighted by Gasteiger charge is 2.23. The van der Waals surface area contributed by atoms with E-state index >= 15 is 0 Å². The van der Waals surface area contributed by atoms with Crippen LogP contribution in [0.4, 0.5) is 0 Å². The summed E-state index contributed by atoms with van der Waals surface area (Å²) < 4.78 is 0. The average molecular weight is 408 g/mol. The van der Waals surface area contributed by atoms with Gasteiger partial charge in [0.25, 0.3) is 5.91 Å². The van der Waals surface area contributed by atoms with E-state index in [0.29, 0.717) is 25.1 Å². The van der Waals surface area contributed by atoms with Crippen molar-refractivity contribution in [3.05, 3.63) is 71.8 Å². The zero-order chi connectivity index (χ0) is 21.2. The third-order valence-electron chi connectivity index (χ3n) is 5.66. The van der Waals surface area contributed by atoms with E-state index in [0.717, 1.165) is 45.6 Å². The molecule has 1 aliphatic heterocycles. The molecule has 160 valence electrons. The van der Waals surface area contributed by atoms with Crippen LogP contribution >= 0.6 is 0 Å². The van der Waals surface area contributed by atoms with Crippen LogP contribution < -0.4 is 0 Å². The van der Waals surface area contributed by atoms with Crippen molar-refractivity contribution in [1.29, 1.82) is 0 Å². The maximum atomic E-state index is 12.9. The second-order valence-corrected chi connectivity index (χ2v) is 7.90. The molecule has 0 atom stereocenters. The predicted molar refractivity (Wildman–Crippen MR) is 120 cm³/mol. The van der Waals surface area contributed by atoms with E-state index in [2.05, 4.69) is 36.1 Å². The lowest BCUT2D eigenvalue weighted by Gasteiger charge is -2.35. The average Bonchev–Trinajstić information content (AvgIpc) is 2.80. The van der Waals surface area contributed by atoms with Crippen molar-refractivity contribution in [1.82, 2.24) is 14.7 Å². The summed E-state index contributed by atoms with van der Waals surface area (Å²) in [5.74, 6) is 0.168. The predicted octanol–water partition coefficient (Wildman–Crippen LogP) is 3.66. The van der Waals surface area contributed by atoms with Gasteiger partial charge in [-0.2, -0.15) is 0 Å². The molecule has 5 nitrogen and oxygen atoms in total. The molecule has 2 aromatic rings. The van der Waals surface area contributed by atoms with Gasteiger partial charge < -0.3 is 9.80 Å². The Morgan fingerprint density at radius 3 is 2.13 bits per heavy atom. The topological polar surface area (TPSA) is 43.9 Å². The van der Waals surface area contributed by atoms with Crippen LogP contribution in [0, 0.1) is 0 Å². The first-order valence-corrected chi connectivity index (χ1v) is 11.1. The van der Waals surface area contributed by atoms with Crippen molar-refractivity contribution in [3.63, 3.8) is 0 Å². The Morgan fingerprint density at radius 1 is 0.867 bits per heavy atom. The molecule has 0 N–H and O–H groups in total. The number of carbonyl (C=O) groups excluding carboxylic acids is 2. The van der Waals surface area contributed by atoms with Crippen molar-refractivity contribution in [2.75, 3.05) is 39.3 Å². The van der Waals surface area contributed by atoms with Crippen molar-refractivity contribution in [2.24, 2.45) is 0 Å². The normalized spacial score (nSPS) is 14.5. The molecule has 0 aromatic heterocycles. The first-order valence-electron chi connectivity index (χ1n) is 11.1. The van der Waals surface area contributed by atoms with Gasteiger partial charge in [0.15, 0.2) is 0 Å². The van der Waals surface area contributed by atoms with E-state index in [4.69, 9.17) is 0 Å². The molecule has 2 aromatic carbocycles. The molecule has 5 heteroatoms. The molecular formula is C25H33N3O2. The van der Waals surface area contributed by atoms with Crippen LogP contribution in [0.1, 0.15) is 42.1 Å². The van der Waals surface area contributed by atoms with Gasteiger partial charge >= 0.3 is 0 Å². The second kappa shape index (κ2) is 11.5. The van der Waals surface area contributed by atoms with Gasteiger partial charge in [-0.25, -0.2) is 0 Å². The smallest absolute Gasteiger partial charge is 0.253 e. The molecule has 1 aliphatic rings. The maximum absolute atomic E-state index is 12.9. The summed E-state index contributed by atoms with van der Waals surface area (Å²) in [7, 11) is 0. The lowest BCUT2D eigenvalue weighted by molar-refractivity contribution is -0.133. The van der Waals surface area contributed by atoms with E-state index in [9.17, 15) is 9.59 Å². The van der Waals surface area contributed by atoms with E-state index in [1.165, 1.54) is 5.56 Å². The zero-order valence-corrected chi connectivity index (χ0v) is 18.0. The van der Waals surface area contributed by atoms with Crippen molar-refractivity contribution >= 4 is 11.8 Å². The standard InChI is InChI=1S/C25H33N3O2/c1-2-3-15-28(25(30)23-12-8-5-9-13-23)16-14-24(29)27-19-17-26(18-20-27)21-22-10-6-4-7-11-22/h4-13H,2-3,14-21H2,1H3. The molecule has 3 rings (SSSR count). The summed E-state index contributed by atoms with van der Waals surface area (Å²) in [6.45, 7) is 7.52. The van der Waals surface area contributed by atoms with Gasteiger partial charge in [0, 0.05) is 57.8 Å². The third-order valence-corrected chi connectivity index (χ3v) is 5.66. The van der Waals surface area contributed by atoms with Crippen LogP contribution in [0.15, 0.2) is 60.7 Å². The van der Waals surface area contributed by atoms with Crippen molar-refractivity contribution in [2.45, 2.75) is 32.7 Å². The molecular weight excluding hydrogens is 374 g/mol. The Labute approximate surface area is 180 Å². The first kappa shape index (κ1) is 22.0. The number of benzene rings is 2. The molecule has 0 saturated carbocycles. The van der Waals surface area contributed by atoms with Gasteiger partial charge in [-0.05, 0) is 24.1 Å². The van der Waals surface area contributed by atoms with Crippen LogP contribution in [-0.2, 0) is 11.3 Å². The first-order chi connectivity index (χ1) is 14.7. The van der Waals surface area contributed by atoms with Gasteiger partial charge in [-0.3, -0.25) is 14.5 Å². The molecule has 0 unspecified atom stereocenters. The molecule has 1 saturated heterocycles. The fraction of sp³-hybridized carbons (Fsp3) is 0.440. The molecule has 0 spiro atoms. The van der Waals surface area contributed by atoms with Gasteiger partial charge in [0.2, 0.25) is 5.91 Å². The largest absolute Gasteiger partial charge is 0.340 e. The summed E-state index contributed by atoms with van der Waals surface area (Å²) in [5.41, 5.74) is 2.00. The van der Waals surface area contributed by atoms with Crippen LogP contribution in [0.3, 0.4) is 0 Å². The molecule has 1 heterocycles. The minimum atomic E-state index is 0.0181. The van der Waals surface area contributed by atoms with Crippen molar-refractivity contribution in [3.8, 4) is 0 Å². The van der Waals surface area contributed by atoms with Gasteiger partial charge in [-0.1, -0.05) is 61.9 Å². The highest BCUT2D eigenvalue weighted by molar-refractivity contribution is 5.94. The van der Waals surface area contributed by atoms with Gasteiger partial charge in [0.05, 0.1) is 0 Å². The number of hydrogen-bond acceptors (Lipinski definition) is 3. The summed E-state index contributed by atoms with van der Waals surface area (Å²) in [5, 5.41) is 0. The summed E-state index contributed by atoms with van der Waals surface area (Å²) in [4.78, 5) is 31.8. The van der Waals surface area contributed by atoms with Crippen LogP contribution in [0.5, 0.6) is 0 Å². The highest BCUT2D eigenvalue weighted by atomic mass is 16.2. The molecule has 2 amide bonds. The minimum absolute atomic E-state index is 0.0181. The second-order valence-electron chi connectivity index (χ2n) is 7.90. The lowest BCUT2D eigenvalue weighted by Crippen LogP contribution is -2.49.